The number of methoxy groups -OCH3 is 1. The summed E-state index contributed by atoms with van der Waals surface area (Å²) in [4.78, 5) is 12.1. The van der Waals surface area contributed by atoms with Crippen LogP contribution >= 0.6 is 11.3 Å². The summed E-state index contributed by atoms with van der Waals surface area (Å²) in [5.41, 5.74) is 2.05. The molecule has 6 nitrogen and oxygen atoms in total. The minimum absolute atomic E-state index is 0.576. The summed E-state index contributed by atoms with van der Waals surface area (Å²) in [7, 11) is 3.69. The number of hydrogen-bond donors (Lipinski definition) is 0. The molecule has 0 N–H and O–H groups in total. The van der Waals surface area contributed by atoms with E-state index >= 15 is 0 Å². The Morgan fingerprint density at radius 1 is 1.15 bits per heavy atom. The van der Waals surface area contributed by atoms with Crippen LogP contribution in [-0.4, -0.2) is 34.2 Å². The molecule has 4 aromatic rings. The maximum absolute atomic E-state index is 5.41. The van der Waals surface area contributed by atoms with E-state index < -0.39 is 0 Å². The number of nitrogens with zero attached hydrogens (tertiary/aromatic N) is 4. The van der Waals surface area contributed by atoms with E-state index in [2.05, 4.69) is 32.2 Å². The van der Waals surface area contributed by atoms with Crippen LogP contribution in [0.1, 0.15) is 11.5 Å². The molecule has 0 bridgehead atoms. The Kier molecular flexibility index (Phi) is 4.64. The van der Waals surface area contributed by atoms with Crippen molar-refractivity contribution < 1.29 is 9.26 Å². The van der Waals surface area contributed by atoms with Crippen molar-refractivity contribution >= 4 is 22.2 Å². The molecule has 0 atom stereocenters. The molecule has 0 amide bonds. The molecule has 0 radical (unpaired) electrons. The van der Waals surface area contributed by atoms with Crippen molar-refractivity contribution in [3.05, 3.63) is 59.4 Å². The van der Waals surface area contributed by atoms with Gasteiger partial charge in [-0.25, -0.2) is 0 Å². The van der Waals surface area contributed by atoms with E-state index in [-0.39, 0.29) is 0 Å². The zero-order chi connectivity index (χ0) is 17.9. The van der Waals surface area contributed by atoms with E-state index in [1.165, 1.54) is 5.56 Å². The molecule has 0 aliphatic rings. The van der Waals surface area contributed by atoms with Crippen LogP contribution < -0.4 is 4.74 Å². The van der Waals surface area contributed by atoms with E-state index in [0.29, 0.717) is 18.3 Å². The number of fused-ring (bicyclic) bond motifs is 1. The fraction of sp³-hybridized carbons (Fsp3) is 0.211. The summed E-state index contributed by atoms with van der Waals surface area (Å²) in [6, 6.07) is 12.0. The molecule has 3 aromatic heterocycles. The highest BCUT2D eigenvalue weighted by Gasteiger charge is 2.13. The highest BCUT2D eigenvalue weighted by Crippen LogP contribution is 2.27. The average molecular weight is 366 g/mol. The van der Waals surface area contributed by atoms with Gasteiger partial charge in [-0.2, -0.15) is 4.98 Å². The first kappa shape index (κ1) is 16.7. The first-order chi connectivity index (χ1) is 12.7. The Labute approximate surface area is 155 Å². The van der Waals surface area contributed by atoms with Crippen LogP contribution in [0.5, 0.6) is 5.75 Å². The monoisotopic (exact) mass is 366 g/mol. The van der Waals surface area contributed by atoms with Crippen molar-refractivity contribution in [3.8, 4) is 16.5 Å². The van der Waals surface area contributed by atoms with Gasteiger partial charge in [0.2, 0.25) is 11.7 Å². The first-order valence-electron chi connectivity index (χ1n) is 8.20. The van der Waals surface area contributed by atoms with Gasteiger partial charge in [0.1, 0.15) is 11.3 Å². The normalized spacial score (nSPS) is 11.3. The summed E-state index contributed by atoms with van der Waals surface area (Å²) in [5, 5.41) is 7.15. The molecule has 0 aliphatic heterocycles. The standard InChI is InChI=1S/C19H18N4O2S/c1-23(12-17-21-19(22-25-17)16-6-4-10-26-16)11-13-7-8-15(24-2)18-14(13)5-3-9-20-18/h3-10H,11-12H2,1-2H3. The Morgan fingerprint density at radius 2 is 2.08 bits per heavy atom. The lowest BCUT2D eigenvalue weighted by atomic mass is 10.1. The highest BCUT2D eigenvalue weighted by molar-refractivity contribution is 7.13. The number of hydrogen-bond acceptors (Lipinski definition) is 7. The quantitative estimate of drug-likeness (QED) is 0.514. The van der Waals surface area contributed by atoms with Crippen LogP contribution in [-0.2, 0) is 13.1 Å². The van der Waals surface area contributed by atoms with Crippen LogP contribution in [0.2, 0.25) is 0 Å². The Hall–Kier alpha value is -2.77. The molecule has 0 spiro atoms. The predicted molar refractivity (Wildman–Crippen MR) is 101 cm³/mol. The van der Waals surface area contributed by atoms with Crippen molar-refractivity contribution in [1.82, 2.24) is 20.0 Å². The second-order valence-electron chi connectivity index (χ2n) is 5.99. The Morgan fingerprint density at radius 3 is 2.88 bits per heavy atom. The summed E-state index contributed by atoms with van der Waals surface area (Å²) in [6.07, 6.45) is 1.78. The second kappa shape index (κ2) is 7.23. The third-order valence-electron chi connectivity index (χ3n) is 4.10. The molecule has 132 valence electrons. The van der Waals surface area contributed by atoms with Gasteiger partial charge in [0.15, 0.2) is 0 Å². The number of benzene rings is 1. The molecule has 0 saturated heterocycles. The van der Waals surface area contributed by atoms with Gasteiger partial charge in [0.25, 0.3) is 0 Å². The smallest absolute Gasteiger partial charge is 0.241 e. The van der Waals surface area contributed by atoms with E-state index in [4.69, 9.17) is 9.26 Å². The summed E-state index contributed by atoms with van der Waals surface area (Å²) < 4.78 is 10.8. The van der Waals surface area contributed by atoms with E-state index in [9.17, 15) is 0 Å². The van der Waals surface area contributed by atoms with E-state index in [1.54, 1.807) is 24.6 Å². The molecule has 4 rings (SSSR count). The maximum atomic E-state index is 5.41. The van der Waals surface area contributed by atoms with E-state index in [1.807, 2.05) is 36.7 Å². The fourth-order valence-electron chi connectivity index (χ4n) is 2.91. The van der Waals surface area contributed by atoms with Crippen molar-refractivity contribution in [2.24, 2.45) is 0 Å². The van der Waals surface area contributed by atoms with Crippen molar-refractivity contribution in [3.63, 3.8) is 0 Å². The predicted octanol–water partition coefficient (Wildman–Crippen LogP) is 3.99. The highest BCUT2D eigenvalue weighted by atomic mass is 32.1. The molecular weight excluding hydrogens is 348 g/mol. The molecule has 0 unspecified atom stereocenters. The second-order valence-corrected chi connectivity index (χ2v) is 6.94. The van der Waals surface area contributed by atoms with Crippen LogP contribution in [0, 0.1) is 0 Å². The summed E-state index contributed by atoms with van der Waals surface area (Å²) >= 11 is 1.60. The SMILES string of the molecule is COc1ccc(CN(C)Cc2nc(-c3cccs3)no2)c2cccnc12. The number of rotatable bonds is 6. The van der Waals surface area contributed by atoms with Gasteiger partial charge >= 0.3 is 0 Å². The molecule has 1 aromatic carbocycles. The van der Waals surface area contributed by atoms with Crippen LogP contribution in [0.25, 0.3) is 21.6 Å². The van der Waals surface area contributed by atoms with Crippen molar-refractivity contribution in [2.45, 2.75) is 13.1 Å². The van der Waals surface area contributed by atoms with Crippen molar-refractivity contribution in [2.75, 3.05) is 14.2 Å². The number of ether oxygens (including phenoxy) is 1. The van der Waals surface area contributed by atoms with Gasteiger partial charge in [-0.1, -0.05) is 23.4 Å². The number of thiophene rings is 1. The van der Waals surface area contributed by atoms with E-state index in [0.717, 1.165) is 28.1 Å². The van der Waals surface area contributed by atoms with Gasteiger partial charge in [-0.3, -0.25) is 9.88 Å². The van der Waals surface area contributed by atoms with Gasteiger partial charge in [-0.05, 0) is 36.2 Å². The van der Waals surface area contributed by atoms with Crippen LogP contribution in [0.4, 0.5) is 0 Å². The fourth-order valence-corrected chi connectivity index (χ4v) is 3.56. The third-order valence-corrected chi connectivity index (χ3v) is 4.96. The van der Waals surface area contributed by atoms with Gasteiger partial charge in [0, 0.05) is 18.1 Å². The van der Waals surface area contributed by atoms with Crippen LogP contribution in [0.3, 0.4) is 0 Å². The molecule has 0 fully saturated rings. The lowest BCUT2D eigenvalue weighted by Crippen LogP contribution is -2.17. The minimum atomic E-state index is 0.576. The lowest BCUT2D eigenvalue weighted by molar-refractivity contribution is 0.261. The summed E-state index contributed by atoms with van der Waals surface area (Å²) in [6.45, 7) is 1.31. The van der Waals surface area contributed by atoms with Gasteiger partial charge in [0.05, 0.1) is 18.5 Å². The average Bonchev–Trinajstić information content (AvgIpc) is 3.33. The molecule has 7 heteroatoms. The minimum Gasteiger partial charge on any atom is -0.494 e. The molecule has 0 saturated carbocycles. The van der Waals surface area contributed by atoms with Crippen LogP contribution in [0.15, 0.2) is 52.5 Å². The lowest BCUT2D eigenvalue weighted by Gasteiger charge is -2.16. The zero-order valence-electron chi connectivity index (χ0n) is 14.5. The number of pyridine rings is 1. The molecular formula is C19H18N4O2S. The largest absolute Gasteiger partial charge is 0.494 e. The van der Waals surface area contributed by atoms with Gasteiger partial charge in [-0.15, -0.1) is 11.3 Å². The number of aromatic nitrogens is 3. The topological polar surface area (TPSA) is 64.3 Å². The summed E-state index contributed by atoms with van der Waals surface area (Å²) in [5.74, 6) is 2.03. The maximum Gasteiger partial charge on any atom is 0.241 e. The molecule has 26 heavy (non-hydrogen) atoms. The zero-order valence-corrected chi connectivity index (χ0v) is 15.4. The molecule has 3 heterocycles. The Balaban J connectivity index is 1.52. The van der Waals surface area contributed by atoms with Gasteiger partial charge < -0.3 is 9.26 Å². The van der Waals surface area contributed by atoms with Crippen molar-refractivity contribution in [1.29, 1.82) is 0 Å². The first-order valence-corrected chi connectivity index (χ1v) is 9.08. The third kappa shape index (κ3) is 3.31. The molecule has 0 aliphatic carbocycles. The Bertz CT molecular complexity index is 1010.